The smallest absolute Gasteiger partial charge is 0.370 e. The third-order valence-electron chi connectivity index (χ3n) is 2.94. The lowest BCUT2D eigenvalue weighted by molar-refractivity contribution is -0.894. The summed E-state index contributed by atoms with van der Waals surface area (Å²) in [6.45, 7) is 15.4. The highest BCUT2D eigenvalue weighted by atomic mass is 32.2. The van der Waals surface area contributed by atoms with Crippen molar-refractivity contribution >= 4 is 16.1 Å². The highest BCUT2D eigenvalue weighted by Gasteiger charge is 2.46. The van der Waals surface area contributed by atoms with E-state index in [0.717, 1.165) is 0 Å². The van der Waals surface area contributed by atoms with Crippen LogP contribution in [0.15, 0.2) is 12.2 Å². The summed E-state index contributed by atoms with van der Waals surface area (Å²) in [5.74, 6) is -1.19. The number of quaternary nitrogens is 1. The van der Waals surface area contributed by atoms with Gasteiger partial charge in [0.15, 0.2) is 16.2 Å². The predicted molar refractivity (Wildman–Crippen MR) is 77.6 cm³/mol. The first-order valence-corrected chi connectivity index (χ1v) is 8.29. The van der Waals surface area contributed by atoms with Crippen LogP contribution in [0.4, 0.5) is 8.78 Å². The van der Waals surface area contributed by atoms with Crippen LogP contribution in [0, 0.1) is 0 Å². The molecule has 0 aliphatic rings. The number of alkyl halides is 2. The minimum atomic E-state index is -5.86. The number of carbonyl (C=O) groups is 1. The molecule has 9 heteroatoms. The van der Waals surface area contributed by atoms with E-state index in [1.54, 1.807) is 4.90 Å². The fourth-order valence-electron chi connectivity index (χ4n) is 1.28. The summed E-state index contributed by atoms with van der Waals surface area (Å²) < 4.78 is 59.9. The SMILES string of the molecule is C=C(C)C(=O)OC(C)C(F)(F)S(=O)(=O)[O-].CC[NH+](CC)CC. The number of halogens is 2. The molecule has 0 bridgehead atoms. The zero-order valence-electron chi connectivity index (χ0n) is 13.6. The van der Waals surface area contributed by atoms with Crippen molar-refractivity contribution < 1.29 is 36.2 Å². The molecule has 0 spiro atoms. The van der Waals surface area contributed by atoms with Crippen LogP contribution in [0.1, 0.15) is 34.6 Å². The summed E-state index contributed by atoms with van der Waals surface area (Å²) in [6.07, 6.45) is -2.36. The number of hydrogen-bond donors (Lipinski definition) is 1. The van der Waals surface area contributed by atoms with Crippen molar-refractivity contribution in [3.63, 3.8) is 0 Å². The minimum Gasteiger partial charge on any atom is -0.743 e. The van der Waals surface area contributed by atoms with Crippen molar-refractivity contribution in [1.29, 1.82) is 0 Å². The summed E-state index contributed by atoms with van der Waals surface area (Å²) in [6, 6.07) is 0. The molecule has 0 saturated heterocycles. The Morgan fingerprint density at radius 1 is 1.27 bits per heavy atom. The molecule has 0 aromatic rings. The molecular formula is C13H25F2NO5S. The molecule has 0 radical (unpaired) electrons. The molecule has 6 nitrogen and oxygen atoms in total. The maximum absolute atomic E-state index is 12.7. The van der Waals surface area contributed by atoms with E-state index in [1.165, 1.54) is 26.6 Å². The van der Waals surface area contributed by atoms with Crippen LogP contribution in [0.25, 0.3) is 0 Å². The Hall–Kier alpha value is -1.06. The molecule has 1 atom stereocenters. The van der Waals surface area contributed by atoms with Gasteiger partial charge in [0.2, 0.25) is 0 Å². The number of rotatable bonds is 7. The van der Waals surface area contributed by atoms with Gasteiger partial charge in [-0.3, -0.25) is 0 Å². The highest BCUT2D eigenvalue weighted by Crippen LogP contribution is 2.27. The Kier molecular flexibility index (Phi) is 10.4. The normalized spacial score (nSPS) is 13.1. The molecule has 1 N–H and O–H groups in total. The first kappa shape index (κ1) is 23.2. The molecular weight excluding hydrogens is 320 g/mol. The molecule has 0 aromatic heterocycles. The number of nitrogens with one attached hydrogen (secondary N) is 1. The Morgan fingerprint density at radius 3 is 1.82 bits per heavy atom. The van der Waals surface area contributed by atoms with Crippen molar-refractivity contribution in [2.75, 3.05) is 19.6 Å². The lowest BCUT2D eigenvalue weighted by Gasteiger charge is -2.25. The molecule has 132 valence electrons. The van der Waals surface area contributed by atoms with Crippen LogP contribution in [0.3, 0.4) is 0 Å². The first-order chi connectivity index (χ1) is 9.84. The summed E-state index contributed by atoms with van der Waals surface area (Å²) in [7, 11) is -5.86. The lowest BCUT2D eigenvalue weighted by Crippen LogP contribution is -3.11. The van der Waals surface area contributed by atoms with E-state index < -0.39 is 27.4 Å². The second-order valence-electron chi connectivity index (χ2n) is 4.65. The van der Waals surface area contributed by atoms with E-state index in [2.05, 4.69) is 32.1 Å². The van der Waals surface area contributed by atoms with E-state index in [1.807, 2.05) is 0 Å². The van der Waals surface area contributed by atoms with Crippen LogP contribution < -0.4 is 4.90 Å². The number of hydrogen-bond acceptors (Lipinski definition) is 5. The highest BCUT2D eigenvalue weighted by molar-refractivity contribution is 7.86. The number of esters is 1. The van der Waals surface area contributed by atoms with Crippen molar-refractivity contribution in [2.24, 2.45) is 0 Å². The van der Waals surface area contributed by atoms with E-state index in [9.17, 15) is 26.5 Å². The van der Waals surface area contributed by atoms with Crippen LogP contribution in [-0.4, -0.2) is 49.9 Å². The largest absolute Gasteiger partial charge is 0.743 e. The van der Waals surface area contributed by atoms with Crippen LogP contribution in [0.2, 0.25) is 0 Å². The number of ether oxygens (including phenoxy) is 1. The van der Waals surface area contributed by atoms with Gasteiger partial charge in [0.25, 0.3) is 0 Å². The van der Waals surface area contributed by atoms with Gasteiger partial charge in [-0.15, -0.1) is 0 Å². The topological polar surface area (TPSA) is 87.9 Å². The second kappa shape index (κ2) is 9.86. The zero-order chi connectivity index (χ0) is 18.1. The Morgan fingerprint density at radius 2 is 1.64 bits per heavy atom. The first-order valence-electron chi connectivity index (χ1n) is 6.88. The second-order valence-corrected chi connectivity index (χ2v) is 6.11. The quantitative estimate of drug-likeness (QED) is 0.414. The van der Waals surface area contributed by atoms with Gasteiger partial charge < -0.3 is 14.2 Å². The minimum absolute atomic E-state index is 0.180. The fraction of sp³-hybridized carbons (Fsp3) is 0.769. The molecule has 0 rings (SSSR count). The lowest BCUT2D eigenvalue weighted by atomic mass is 10.3. The molecule has 0 amide bonds. The van der Waals surface area contributed by atoms with E-state index >= 15 is 0 Å². The molecule has 22 heavy (non-hydrogen) atoms. The Bertz CT molecular complexity index is 456. The Labute approximate surface area is 130 Å². The van der Waals surface area contributed by atoms with Crippen LogP contribution in [0.5, 0.6) is 0 Å². The molecule has 0 fully saturated rings. The monoisotopic (exact) mass is 345 g/mol. The molecule has 1 unspecified atom stereocenters. The molecule has 0 heterocycles. The van der Waals surface area contributed by atoms with Gasteiger partial charge in [0, 0.05) is 5.57 Å². The standard InChI is InChI=1S/C7H10F2O5S.C6H15N/c1-4(2)6(10)14-5(3)7(8,9)15(11,12)13;1-4-7(5-2)6-3/h5H,1H2,2-3H3,(H,11,12,13);4-6H2,1-3H3. The van der Waals surface area contributed by atoms with Gasteiger partial charge >= 0.3 is 11.2 Å². The van der Waals surface area contributed by atoms with Gasteiger partial charge in [0.1, 0.15) is 0 Å². The van der Waals surface area contributed by atoms with Gasteiger partial charge in [-0.2, -0.15) is 8.78 Å². The number of carbonyl (C=O) groups excluding carboxylic acids is 1. The van der Waals surface area contributed by atoms with Crippen molar-refractivity contribution in [3.05, 3.63) is 12.2 Å². The van der Waals surface area contributed by atoms with Crippen molar-refractivity contribution in [2.45, 2.75) is 46.0 Å². The summed E-state index contributed by atoms with van der Waals surface area (Å²) in [5.41, 5.74) is -0.180. The third kappa shape index (κ3) is 7.81. The maximum atomic E-state index is 12.7. The maximum Gasteiger partial charge on any atom is 0.370 e. The van der Waals surface area contributed by atoms with E-state index in [0.29, 0.717) is 6.92 Å². The van der Waals surface area contributed by atoms with Crippen LogP contribution in [-0.2, 0) is 19.6 Å². The summed E-state index contributed by atoms with van der Waals surface area (Å²) in [5, 5.41) is -4.65. The van der Waals surface area contributed by atoms with Gasteiger partial charge in [0.05, 0.1) is 19.6 Å². The van der Waals surface area contributed by atoms with Crippen LogP contribution >= 0.6 is 0 Å². The fourth-order valence-corrected chi connectivity index (χ4v) is 1.74. The molecule has 0 aliphatic heterocycles. The summed E-state index contributed by atoms with van der Waals surface area (Å²) >= 11 is 0. The molecule has 0 aromatic carbocycles. The summed E-state index contributed by atoms with van der Waals surface area (Å²) in [4.78, 5) is 12.5. The predicted octanol–water partition coefficient (Wildman–Crippen LogP) is 0.563. The van der Waals surface area contributed by atoms with Gasteiger partial charge in [-0.05, 0) is 34.6 Å². The van der Waals surface area contributed by atoms with Gasteiger partial charge in [-0.1, -0.05) is 6.58 Å². The average Bonchev–Trinajstić information content (AvgIpc) is 2.39. The third-order valence-corrected chi connectivity index (χ3v) is 3.94. The van der Waals surface area contributed by atoms with E-state index in [-0.39, 0.29) is 5.57 Å². The average molecular weight is 345 g/mol. The Balaban J connectivity index is 0. The van der Waals surface area contributed by atoms with Crippen molar-refractivity contribution in [1.82, 2.24) is 0 Å². The van der Waals surface area contributed by atoms with Gasteiger partial charge in [-0.25, -0.2) is 13.2 Å². The molecule has 0 aliphatic carbocycles. The van der Waals surface area contributed by atoms with Crippen molar-refractivity contribution in [3.8, 4) is 0 Å². The van der Waals surface area contributed by atoms with E-state index in [4.69, 9.17) is 0 Å². The molecule has 0 saturated carbocycles. The zero-order valence-corrected chi connectivity index (χ0v) is 14.4.